The summed E-state index contributed by atoms with van der Waals surface area (Å²) in [4.78, 5) is 9.60. The van der Waals surface area contributed by atoms with Crippen LogP contribution in [0.3, 0.4) is 0 Å². The Balaban J connectivity index is 0.000000256. The summed E-state index contributed by atoms with van der Waals surface area (Å²) in [5.41, 5.74) is 3.20. The van der Waals surface area contributed by atoms with Crippen molar-refractivity contribution in [2.75, 3.05) is 13.1 Å². The van der Waals surface area contributed by atoms with Crippen LogP contribution in [0.4, 0.5) is 0 Å². The number of nitrogens with one attached hydrogen (secondary N) is 2. The van der Waals surface area contributed by atoms with Crippen LogP contribution in [-0.4, -0.2) is 35.4 Å². The van der Waals surface area contributed by atoms with E-state index in [9.17, 15) is 4.79 Å². The molecule has 2 N–H and O–H groups in total. The standard InChI is InChI=1S/C14H17N3.C5H10O2/c1-2-4-11(5-3-1)13-10-14(17-16-13)12-6-8-15-9-7-12;1-5(2,3)7-4-6/h1-5,10,12,15H,6-9H2,(H,16,17);4H,1-3H3. The number of carbonyl (C=O) groups excluding carboxylic acids is 1. The first-order chi connectivity index (χ1) is 11.5. The summed E-state index contributed by atoms with van der Waals surface area (Å²) < 4.78 is 4.55. The van der Waals surface area contributed by atoms with Gasteiger partial charge in [-0.15, -0.1) is 0 Å². The van der Waals surface area contributed by atoms with Crippen LogP contribution in [0.2, 0.25) is 0 Å². The zero-order valence-electron chi connectivity index (χ0n) is 14.7. The molecule has 1 aromatic carbocycles. The maximum atomic E-state index is 9.60. The fourth-order valence-electron chi connectivity index (χ4n) is 2.58. The molecule has 0 radical (unpaired) electrons. The highest BCUT2D eigenvalue weighted by Gasteiger charge is 2.17. The van der Waals surface area contributed by atoms with Gasteiger partial charge in [-0.2, -0.15) is 5.10 Å². The molecular formula is C19H27N3O2. The zero-order chi connectivity index (χ0) is 17.4. The average molecular weight is 329 g/mol. The predicted molar refractivity (Wildman–Crippen MR) is 95.8 cm³/mol. The normalized spacial score (nSPS) is 15.3. The first kappa shape index (κ1) is 18.2. The molecule has 5 heteroatoms. The molecule has 0 aliphatic carbocycles. The smallest absolute Gasteiger partial charge is 0.293 e. The summed E-state index contributed by atoms with van der Waals surface area (Å²) in [5.74, 6) is 0.640. The summed E-state index contributed by atoms with van der Waals surface area (Å²) in [7, 11) is 0. The highest BCUT2D eigenvalue weighted by atomic mass is 16.5. The number of nitrogens with zero attached hydrogens (tertiary/aromatic N) is 1. The van der Waals surface area contributed by atoms with Crippen molar-refractivity contribution in [3.8, 4) is 11.3 Å². The molecule has 1 saturated heterocycles. The number of rotatable bonds is 3. The van der Waals surface area contributed by atoms with Crippen molar-refractivity contribution < 1.29 is 9.53 Å². The molecule has 1 aromatic heterocycles. The van der Waals surface area contributed by atoms with E-state index < -0.39 is 0 Å². The summed E-state index contributed by atoms with van der Waals surface area (Å²) >= 11 is 0. The molecule has 0 amide bonds. The molecule has 1 fully saturated rings. The Morgan fingerprint density at radius 2 is 1.83 bits per heavy atom. The number of hydrogen-bond acceptors (Lipinski definition) is 4. The van der Waals surface area contributed by atoms with Gasteiger partial charge in [-0.25, -0.2) is 0 Å². The molecule has 2 heterocycles. The Labute approximate surface area is 143 Å². The van der Waals surface area contributed by atoms with Crippen molar-refractivity contribution in [2.45, 2.75) is 45.1 Å². The summed E-state index contributed by atoms with van der Waals surface area (Å²) in [5, 5.41) is 11.0. The third-order valence-electron chi connectivity index (χ3n) is 3.85. The third kappa shape index (κ3) is 5.81. The molecule has 0 bridgehead atoms. The minimum atomic E-state index is -0.318. The second-order valence-corrected chi connectivity index (χ2v) is 6.93. The van der Waals surface area contributed by atoms with Gasteiger partial charge < -0.3 is 10.1 Å². The molecular weight excluding hydrogens is 302 g/mol. The van der Waals surface area contributed by atoms with E-state index in [1.54, 1.807) is 0 Å². The molecule has 0 atom stereocenters. The summed E-state index contributed by atoms with van der Waals surface area (Å²) in [6, 6.07) is 12.5. The minimum Gasteiger partial charge on any atom is -0.462 e. The largest absolute Gasteiger partial charge is 0.462 e. The molecule has 1 aliphatic rings. The lowest BCUT2D eigenvalue weighted by Crippen LogP contribution is -2.26. The summed E-state index contributed by atoms with van der Waals surface area (Å²) in [6.45, 7) is 8.15. The van der Waals surface area contributed by atoms with E-state index in [-0.39, 0.29) is 5.60 Å². The Morgan fingerprint density at radius 3 is 2.38 bits per heavy atom. The van der Waals surface area contributed by atoms with Gasteiger partial charge in [-0.1, -0.05) is 30.3 Å². The number of aromatic nitrogens is 2. The van der Waals surface area contributed by atoms with Gasteiger partial charge in [0.2, 0.25) is 0 Å². The Kier molecular flexibility index (Phi) is 6.55. The lowest BCUT2D eigenvalue weighted by Gasteiger charge is -2.20. The lowest BCUT2D eigenvalue weighted by molar-refractivity contribution is -0.138. The van der Waals surface area contributed by atoms with Gasteiger partial charge in [-0.05, 0) is 52.8 Å². The van der Waals surface area contributed by atoms with Crippen LogP contribution in [-0.2, 0) is 9.53 Å². The van der Waals surface area contributed by atoms with Crippen molar-refractivity contribution in [1.29, 1.82) is 0 Å². The van der Waals surface area contributed by atoms with Crippen LogP contribution >= 0.6 is 0 Å². The van der Waals surface area contributed by atoms with E-state index in [0.717, 1.165) is 18.8 Å². The second kappa shape index (κ2) is 8.64. The maximum absolute atomic E-state index is 9.60. The average Bonchev–Trinajstić information content (AvgIpc) is 3.06. The number of hydrogen-bond donors (Lipinski definition) is 2. The predicted octanol–water partition coefficient (Wildman–Crippen LogP) is 3.50. The van der Waals surface area contributed by atoms with Gasteiger partial charge >= 0.3 is 0 Å². The third-order valence-corrected chi connectivity index (χ3v) is 3.85. The zero-order valence-corrected chi connectivity index (χ0v) is 14.7. The van der Waals surface area contributed by atoms with Crippen LogP contribution in [0.25, 0.3) is 11.3 Å². The van der Waals surface area contributed by atoms with Crippen LogP contribution < -0.4 is 5.32 Å². The van der Waals surface area contributed by atoms with Crippen LogP contribution in [0.1, 0.15) is 45.2 Å². The fraction of sp³-hybridized carbons (Fsp3) is 0.474. The Hall–Kier alpha value is -2.14. The van der Waals surface area contributed by atoms with E-state index in [1.807, 2.05) is 39.0 Å². The summed E-state index contributed by atoms with van der Waals surface area (Å²) in [6.07, 6.45) is 2.41. The van der Waals surface area contributed by atoms with E-state index >= 15 is 0 Å². The number of carbonyl (C=O) groups is 1. The van der Waals surface area contributed by atoms with E-state index in [0.29, 0.717) is 12.4 Å². The SMILES string of the molecule is CC(C)(C)OC=O.c1ccc(-c2cc(C3CCNCC3)[nH]n2)cc1. The van der Waals surface area contributed by atoms with Crippen LogP contribution in [0.15, 0.2) is 36.4 Å². The quantitative estimate of drug-likeness (QED) is 0.846. The minimum absolute atomic E-state index is 0.318. The second-order valence-electron chi connectivity index (χ2n) is 6.93. The number of ether oxygens (including phenoxy) is 1. The molecule has 130 valence electrons. The van der Waals surface area contributed by atoms with Crippen LogP contribution in [0.5, 0.6) is 0 Å². The molecule has 2 aromatic rings. The van der Waals surface area contributed by atoms with Crippen molar-refractivity contribution in [3.05, 3.63) is 42.1 Å². The Bertz CT molecular complexity index is 611. The fourth-order valence-corrected chi connectivity index (χ4v) is 2.58. The maximum Gasteiger partial charge on any atom is 0.293 e. The lowest BCUT2D eigenvalue weighted by atomic mass is 9.94. The van der Waals surface area contributed by atoms with Gasteiger partial charge in [0, 0.05) is 17.2 Å². The first-order valence-electron chi connectivity index (χ1n) is 8.42. The number of piperidine rings is 1. The molecule has 0 unspecified atom stereocenters. The van der Waals surface area contributed by atoms with Crippen molar-refractivity contribution in [2.24, 2.45) is 0 Å². The van der Waals surface area contributed by atoms with E-state index in [2.05, 4.69) is 38.5 Å². The highest BCUT2D eigenvalue weighted by molar-refractivity contribution is 5.59. The molecule has 0 spiro atoms. The molecule has 5 nitrogen and oxygen atoms in total. The number of H-pyrrole nitrogens is 1. The van der Waals surface area contributed by atoms with Crippen molar-refractivity contribution in [1.82, 2.24) is 15.5 Å². The first-order valence-corrected chi connectivity index (χ1v) is 8.42. The monoisotopic (exact) mass is 329 g/mol. The topological polar surface area (TPSA) is 67.0 Å². The molecule has 0 saturated carbocycles. The van der Waals surface area contributed by atoms with Gasteiger partial charge in [0.05, 0.1) is 5.69 Å². The number of aromatic amines is 1. The van der Waals surface area contributed by atoms with Gasteiger partial charge in [0.15, 0.2) is 0 Å². The van der Waals surface area contributed by atoms with Gasteiger partial charge in [0.25, 0.3) is 6.47 Å². The van der Waals surface area contributed by atoms with Gasteiger partial charge in [-0.3, -0.25) is 9.89 Å². The Morgan fingerprint density at radius 1 is 1.17 bits per heavy atom. The molecule has 3 rings (SSSR count). The van der Waals surface area contributed by atoms with Crippen LogP contribution in [0, 0.1) is 0 Å². The highest BCUT2D eigenvalue weighted by Crippen LogP contribution is 2.26. The van der Waals surface area contributed by atoms with E-state index in [1.165, 1.54) is 24.1 Å². The van der Waals surface area contributed by atoms with E-state index in [4.69, 9.17) is 0 Å². The van der Waals surface area contributed by atoms with Gasteiger partial charge in [0.1, 0.15) is 5.60 Å². The van der Waals surface area contributed by atoms with Crippen molar-refractivity contribution >= 4 is 6.47 Å². The molecule has 24 heavy (non-hydrogen) atoms. The molecule has 1 aliphatic heterocycles. The number of benzene rings is 1. The van der Waals surface area contributed by atoms with Crippen molar-refractivity contribution in [3.63, 3.8) is 0 Å².